The second-order valence-electron chi connectivity index (χ2n) is 11.2. The number of H-pyrrole nitrogens is 2. The molecule has 3 heterocycles. The summed E-state index contributed by atoms with van der Waals surface area (Å²) in [4.78, 5) is 31.7. The van der Waals surface area contributed by atoms with Gasteiger partial charge in [0.05, 0.1) is 33.2 Å². The van der Waals surface area contributed by atoms with Crippen molar-refractivity contribution in [3.63, 3.8) is 0 Å². The number of nitrogen functional groups attached to an aromatic ring is 1. The summed E-state index contributed by atoms with van der Waals surface area (Å²) in [6.45, 7) is 0. The molecule has 49 heavy (non-hydrogen) atoms. The maximum atomic E-state index is 14.2. The summed E-state index contributed by atoms with van der Waals surface area (Å²) >= 11 is 0. The molecule has 0 fully saturated rings. The lowest BCUT2D eigenvalue weighted by Crippen LogP contribution is -2.17. The third-order valence-corrected chi connectivity index (χ3v) is 7.75. The van der Waals surface area contributed by atoms with Crippen molar-refractivity contribution in [2.45, 2.75) is 18.8 Å². The maximum absolute atomic E-state index is 14.2. The van der Waals surface area contributed by atoms with Gasteiger partial charge in [0.25, 0.3) is 5.91 Å². The van der Waals surface area contributed by atoms with Crippen molar-refractivity contribution in [3.8, 4) is 22.8 Å². The molecule has 1 amide bonds. The number of carbonyl (C=O) groups is 1. The molecule has 0 saturated heterocycles. The summed E-state index contributed by atoms with van der Waals surface area (Å²) in [6.07, 6.45) is -9.40. The van der Waals surface area contributed by atoms with E-state index in [2.05, 4.69) is 35.3 Å². The molecule has 4 aromatic carbocycles. The number of aromatic amines is 2. The van der Waals surface area contributed by atoms with Gasteiger partial charge < -0.3 is 21.0 Å². The summed E-state index contributed by atoms with van der Waals surface area (Å²) in [7, 11) is 1.46. The van der Waals surface area contributed by atoms with Crippen molar-refractivity contribution in [2.24, 2.45) is 7.05 Å². The first-order valence-electron chi connectivity index (χ1n) is 14.6. The number of nitrogens with two attached hydrogens (primary N) is 1. The largest absolute Gasteiger partial charge is 0.417 e. The highest BCUT2D eigenvalue weighted by atomic mass is 19.4. The Labute approximate surface area is 272 Å². The van der Waals surface area contributed by atoms with E-state index < -0.39 is 29.4 Å². The monoisotopic (exact) mass is 675 g/mol. The molecule has 248 valence electrons. The summed E-state index contributed by atoms with van der Waals surface area (Å²) < 4.78 is 84.5. The SMILES string of the molecule is Cn1nc(Cc2ccc(-c3nc4ccc(N)cc4[nH]3)c(C(F)(F)F)c2)nc1C(=O)Nc1ccc2nc(-c3ccccc3C(F)(F)F)[nH]c2c1. The van der Waals surface area contributed by atoms with Gasteiger partial charge in [-0.15, -0.1) is 0 Å². The highest BCUT2D eigenvalue weighted by Gasteiger charge is 2.35. The number of hydrogen-bond donors (Lipinski definition) is 4. The molecule has 0 aliphatic carbocycles. The van der Waals surface area contributed by atoms with Crippen LogP contribution in [0.4, 0.5) is 37.7 Å². The van der Waals surface area contributed by atoms with Crippen molar-refractivity contribution in [1.29, 1.82) is 0 Å². The number of halogens is 6. The number of rotatable bonds is 6. The maximum Gasteiger partial charge on any atom is 0.417 e. The Morgan fingerprint density at radius 2 is 1.41 bits per heavy atom. The molecule has 0 bridgehead atoms. The lowest BCUT2D eigenvalue weighted by atomic mass is 10.0. The molecule has 0 radical (unpaired) electrons. The van der Waals surface area contributed by atoms with Crippen LogP contribution in [0.5, 0.6) is 0 Å². The Balaban J connectivity index is 1.11. The van der Waals surface area contributed by atoms with E-state index in [0.29, 0.717) is 33.4 Å². The van der Waals surface area contributed by atoms with Crippen LogP contribution in [0, 0.1) is 0 Å². The second kappa shape index (κ2) is 11.5. The van der Waals surface area contributed by atoms with Crippen molar-refractivity contribution < 1.29 is 31.1 Å². The Hall–Kier alpha value is -6.19. The number of nitrogens with one attached hydrogen (secondary N) is 3. The van der Waals surface area contributed by atoms with Gasteiger partial charge in [0.1, 0.15) is 11.6 Å². The van der Waals surface area contributed by atoms with Crippen LogP contribution in [0.2, 0.25) is 0 Å². The molecule has 0 aliphatic rings. The molecule has 5 N–H and O–H groups in total. The molecule has 7 aromatic rings. The van der Waals surface area contributed by atoms with Crippen LogP contribution in [0.3, 0.4) is 0 Å². The zero-order valence-corrected chi connectivity index (χ0v) is 25.2. The van der Waals surface area contributed by atoms with Gasteiger partial charge in [-0.1, -0.05) is 30.3 Å². The van der Waals surface area contributed by atoms with Crippen LogP contribution in [-0.4, -0.2) is 40.6 Å². The molecule has 3 aromatic heterocycles. The molecular weight excluding hydrogens is 652 g/mol. The summed E-state index contributed by atoms with van der Waals surface area (Å²) in [5.41, 5.74) is 6.45. The highest BCUT2D eigenvalue weighted by molar-refractivity contribution is 6.02. The van der Waals surface area contributed by atoms with E-state index in [1.165, 1.54) is 60.3 Å². The normalized spacial score (nSPS) is 12.2. The van der Waals surface area contributed by atoms with Crippen LogP contribution in [0.25, 0.3) is 44.8 Å². The Kier molecular flexibility index (Phi) is 7.37. The van der Waals surface area contributed by atoms with Crippen LogP contribution in [0.15, 0.2) is 78.9 Å². The first-order valence-corrected chi connectivity index (χ1v) is 14.6. The van der Waals surface area contributed by atoms with E-state index in [9.17, 15) is 31.1 Å². The van der Waals surface area contributed by atoms with Gasteiger partial charge in [0.2, 0.25) is 5.82 Å². The van der Waals surface area contributed by atoms with Crippen molar-refractivity contribution in [3.05, 3.63) is 107 Å². The van der Waals surface area contributed by atoms with Crippen molar-refractivity contribution in [1.82, 2.24) is 34.7 Å². The smallest absolute Gasteiger partial charge is 0.399 e. The van der Waals surface area contributed by atoms with Gasteiger partial charge >= 0.3 is 12.4 Å². The van der Waals surface area contributed by atoms with Gasteiger partial charge in [-0.3, -0.25) is 4.79 Å². The molecule has 10 nitrogen and oxygen atoms in total. The summed E-state index contributed by atoms with van der Waals surface area (Å²) in [5, 5.41) is 6.88. The number of anilines is 2. The quantitative estimate of drug-likeness (QED) is 0.107. The van der Waals surface area contributed by atoms with E-state index in [4.69, 9.17) is 5.73 Å². The van der Waals surface area contributed by atoms with Crippen LogP contribution >= 0.6 is 0 Å². The van der Waals surface area contributed by atoms with E-state index in [1.807, 2.05) is 0 Å². The predicted octanol–water partition coefficient (Wildman–Crippen LogP) is 7.36. The van der Waals surface area contributed by atoms with Gasteiger partial charge in [-0.2, -0.15) is 31.4 Å². The van der Waals surface area contributed by atoms with Gasteiger partial charge in [-0.25, -0.2) is 19.6 Å². The van der Waals surface area contributed by atoms with Crippen LogP contribution in [0.1, 0.15) is 33.1 Å². The molecule has 7 rings (SSSR count). The molecule has 0 aliphatic heterocycles. The van der Waals surface area contributed by atoms with Crippen LogP contribution < -0.4 is 11.1 Å². The van der Waals surface area contributed by atoms with E-state index in [-0.39, 0.29) is 46.4 Å². The van der Waals surface area contributed by atoms with Crippen LogP contribution in [-0.2, 0) is 25.8 Å². The zero-order valence-electron chi connectivity index (χ0n) is 25.2. The first-order chi connectivity index (χ1) is 23.2. The number of imidazole rings is 2. The molecule has 0 atom stereocenters. The number of nitrogens with zero attached hydrogens (tertiary/aromatic N) is 5. The fourth-order valence-corrected chi connectivity index (χ4v) is 5.53. The summed E-state index contributed by atoms with van der Waals surface area (Å²) in [6, 6.07) is 18.2. The number of amides is 1. The van der Waals surface area contributed by atoms with E-state index in [1.54, 1.807) is 18.2 Å². The lowest BCUT2D eigenvalue weighted by molar-refractivity contribution is -0.138. The number of carbonyl (C=O) groups excluding carboxylic acids is 1. The number of hydrogen-bond acceptors (Lipinski definition) is 6. The average molecular weight is 676 g/mol. The minimum atomic E-state index is -4.70. The molecule has 16 heteroatoms. The number of alkyl halides is 6. The Morgan fingerprint density at radius 3 is 2.10 bits per heavy atom. The number of aryl methyl sites for hydroxylation is 1. The zero-order chi connectivity index (χ0) is 34.7. The fraction of sp³-hybridized carbons (Fsp3) is 0.121. The van der Waals surface area contributed by atoms with E-state index in [0.717, 1.165) is 12.1 Å². The highest BCUT2D eigenvalue weighted by Crippen LogP contribution is 2.38. The number of aromatic nitrogens is 7. The Bertz CT molecular complexity index is 2390. The first kappa shape index (κ1) is 31.4. The summed E-state index contributed by atoms with van der Waals surface area (Å²) in [5.74, 6) is -0.642. The fourth-order valence-electron chi connectivity index (χ4n) is 5.53. The van der Waals surface area contributed by atoms with Crippen molar-refractivity contribution >= 4 is 39.3 Å². The molecule has 0 spiro atoms. The molecule has 0 unspecified atom stereocenters. The average Bonchev–Trinajstić information content (AvgIpc) is 3.76. The van der Waals surface area contributed by atoms with Gasteiger partial charge in [0.15, 0.2) is 5.82 Å². The van der Waals surface area contributed by atoms with E-state index >= 15 is 0 Å². The third kappa shape index (κ3) is 6.15. The molecule has 0 saturated carbocycles. The Morgan fingerprint density at radius 1 is 0.776 bits per heavy atom. The van der Waals surface area contributed by atoms with Gasteiger partial charge in [0, 0.05) is 36.0 Å². The van der Waals surface area contributed by atoms with Gasteiger partial charge in [-0.05, 0) is 54.1 Å². The topological polar surface area (TPSA) is 143 Å². The standard InChI is InChI=1S/C33H23F6N9O/c1-48-30(31(49)41-18-8-11-24-26(15-18)45-28(43-24)19-4-2-3-5-21(19)32(34,35)36)46-27(47-48)13-16-6-9-20(22(12-16)33(37,38)39)29-42-23-10-7-17(40)14-25(23)44-29/h2-12,14-15H,13,40H2,1H3,(H,41,49)(H,42,44)(H,43,45). The predicted molar refractivity (Wildman–Crippen MR) is 169 cm³/mol. The number of benzene rings is 4. The molecular formula is C33H23F6N9O. The third-order valence-electron chi connectivity index (χ3n) is 7.75. The minimum absolute atomic E-state index is 0.00818. The number of fused-ring (bicyclic) bond motifs is 2. The van der Waals surface area contributed by atoms with Crippen molar-refractivity contribution in [2.75, 3.05) is 11.1 Å². The minimum Gasteiger partial charge on any atom is -0.399 e. The second-order valence-corrected chi connectivity index (χ2v) is 11.2. The lowest BCUT2D eigenvalue weighted by Gasteiger charge is -2.13.